The fraction of sp³-hybridized carbons (Fsp3) is 0.273. The first kappa shape index (κ1) is 11.2. The Bertz CT molecular complexity index is 407. The number of rotatable bonds is 3. The summed E-state index contributed by atoms with van der Waals surface area (Å²) in [6.45, 7) is 0.350. The number of nitrogens with zero attached hydrogens (tertiary/aromatic N) is 1. The monoisotopic (exact) mass is 237 g/mol. The van der Waals surface area contributed by atoms with E-state index in [9.17, 15) is 9.59 Å². The third kappa shape index (κ3) is 2.29. The van der Waals surface area contributed by atoms with E-state index in [1.54, 1.807) is 0 Å². The van der Waals surface area contributed by atoms with Crippen molar-refractivity contribution >= 4 is 21.2 Å². The second kappa shape index (κ2) is 4.73. The maximum Gasteiger partial charge on any atom is 0.261 e. The molecule has 0 bridgehead atoms. The van der Waals surface area contributed by atoms with Crippen molar-refractivity contribution in [3.8, 4) is 0 Å². The van der Waals surface area contributed by atoms with Gasteiger partial charge in [0.25, 0.3) is 5.91 Å². The normalized spacial score (nSPS) is 20.6. The lowest BCUT2D eigenvalue weighted by Gasteiger charge is -2.09. The molecule has 1 aliphatic rings. The summed E-state index contributed by atoms with van der Waals surface area (Å²) in [5.41, 5.74) is 0.991. The lowest BCUT2D eigenvalue weighted by Crippen LogP contribution is -2.24. The summed E-state index contributed by atoms with van der Waals surface area (Å²) < 4.78 is 6.45. The van der Waals surface area contributed by atoms with Crippen LogP contribution in [0.25, 0.3) is 0 Å². The van der Waals surface area contributed by atoms with Gasteiger partial charge in [0.15, 0.2) is 0 Å². The first-order chi connectivity index (χ1) is 7.68. The minimum Gasteiger partial charge on any atom is -0.363 e. The Balaban J connectivity index is 1.92. The summed E-state index contributed by atoms with van der Waals surface area (Å²) in [5.74, 6) is -0.501. The molecule has 1 fully saturated rings. The van der Waals surface area contributed by atoms with Crippen LogP contribution >= 0.6 is 9.39 Å². The molecule has 1 aromatic rings. The standard InChI is InChI=1S/C11H12NO3P/c13-10-6-9(11(14)12(10)16)15-7-8-4-2-1-3-5-8/h1-5,9H,6-7,16H2/t9-/m0/s1. The Morgan fingerprint density at radius 3 is 2.56 bits per heavy atom. The topological polar surface area (TPSA) is 46.6 Å². The summed E-state index contributed by atoms with van der Waals surface area (Å²) in [5, 5.41) is 0. The highest BCUT2D eigenvalue weighted by molar-refractivity contribution is 7.16. The Hall–Kier alpha value is -1.25. The average Bonchev–Trinajstić information content (AvgIpc) is 2.56. The molecular formula is C11H12NO3P. The zero-order valence-electron chi connectivity index (χ0n) is 8.63. The third-order valence-corrected chi connectivity index (χ3v) is 2.98. The van der Waals surface area contributed by atoms with Crippen LogP contribution in [0, 0.1) is 0 Å². The molecule has 0 aromatic heterocycles. The number of imide groups is 1. The Kier molecular flexibility index (Phi) is 3.32. The largest absolute Gasteiger partial charge is 0.363 e. The molecule has 2 rings (SSSR count). The quantitative estimate of drug-likeness (QED) is 0.584. The van der Waals surface area contributed by atoms with Crippen molar-refractivity contribution in [2.75, 3.05) is 0 Å². The summed E-state index contributed by atoms with van der Waals surface area (Å²) >= 11 is 0. The maximum absolute atomic E-state index is 11.5. The lowest BCUT2D eigenvalue weighted by molar-refractivity contribution is -0.136. The van der Waals surface area contributed by atoms with Crippen LogP contribution in [0.2, 0.25) is 0 Å². The minimum absolute atomic E-state index is 0.134. The van der Waals surface area contributed by atoms with Gasteiger partial charge in [0.1, 0.15) is 6.10 Å². The highest BCUT2D eigenvalue weighted by Gasteiger charge is 2.36. The van der Waals surface area contributed by atoms with Crippen LogP contribution in [-0.4, -0.2) is 22.6 Å². The van der Waals surface area contributed by atoms with Gasteiger partial charge in [-0.25, -0.2) is 0 Å². The fourth-order valence-electron chi connectivity index (χ4n) is 1.52. The number of amides is 2. The lowest BCUT2D eigenvalue weighted by atomic mass is 10.2. The molecule has 0 aliphatic carbocycles. The third-order valence-electron chi connectivity index (χ3n) is 2.44. The summed E-state index contributed by atoms with van der Waals surface area (Å²) in [7, 11) is 2.11. The van der Waals surface area contributed by atoms with Crippen LogP contribution in [0.1, 0.15) is 12.0 Å². The fourth-order valence-corrected chi connectivity index (χ4v) is 1.80. The molecule has 0 saturated carbocycles. The molecule has 16 heavy (non-hydrogen) atoms. The van der Waals surface area contributed by atoms with E-state index < -0.39 is 6.10 Å². The number of ether oxygens (including phenoxy) is 1. The summed E-state index contributed by atoms with van der Waals surface area (Å²) in [4.78, 5) is 22.7. The van der Waals surface area contributed by atoms with Gasteiger partial charge in [0.2, 0.25) is 5.91 Å². The van der Waals surface area contributed by atoms with Crippen LogP contribution in [0.5, 0.6) is 0 Å². The van der Waals surface area contributed by atoms with Crippen molar-refractivity contribution < 1.29 is 14.3 Å². The molecule has 0 N–H and O–H groups in total. The van der Waals surface area contributed by atoms with Crippen molar-refractivity contribution in [3.05, 3.63) is 35.9 Å². The summed E-state index contributed by atoms with van der Waals surface area (Å²) in [6.07, 6.45) is -0.500. The van der Waals surface area contributed by atoms with Gasteiger partial charge in [-0.15, -0.1) is 0 Å². The van der Waals surface area contributed by atoms with E-state index in [1.165, 1.54) is 0 Å². The van der Waals surface area contributed by atoms with Gasteiger partial charge in [0, 0.05) is 0 Å². The number of hydrogen-bond acceptors (Lipinski definition) is 3. The molecule has 1 aliphatic heterocycles. The van der Waals surface area contributed by atoms with Crippen molar-refractivity contribution in [3.63, 3.8) is 0 Å². The van der Waals surface area contributed by atoms with Crippen molar-refractivity contribution in [1.29, 1.82) is 0 Å². The van der Waals surface area contributed by atoms with E-state index in [1.807, 2.05) is 30.3 Å². The van der Waals surface area contributed by atoms with Gasteiger partial charge in [-0.2, -0.15) is 0 Å². The van der Waals surface area contributed by atoms with Crippen LogP contribution in [-0.2, 0) is 20.9 Å². The second-order valence-corrected chi connectivity index (χ2v) is 4.11. The first-order valence-corrected chi connectivity index (χ1v) is 5.47. The van der Waals surface area contributed by atoms with Gasteiger partial charge in [-0.1, -0.05) is 30.3 Å². The molecule has 1 heterocycles. The molecular weight excluding hydrogens is 225 g/mol. The van der Waals surface area contributed by atoms with E-state index in [4.69, 9.17) is 4.74 Å². The van der Waals surface area contributed by atoms with E-state index in [0.717, 1.165) is 10.2 Å². The number of carbonyl (C=O) groups excluding carboxylic acids is 2. The minimum atomic E-state index is -0.634. The van der Waals surface area contributed by atoms with E-state index in [0.29, 0.717) is 6.61 Å². The van der Waals surface area contributed by atoms with Gasteiger partial charge in [0.05, 0.1) is 13.0 Å². The van der Waals surface area contributed by atoms with Crippen molar-refractivity contribution in [2.45, 2.75) is 19.1 Å². The Morgan fingerprint density at radius 2 is 2.00 bits per heavy atom. The van der Waals surface area contributed by atoms with Gasteiger partial charge in [-0.3, -0.25) is 14.3 Å². The number of carbonyl (C=O) groups is 2. The predicted octanol–water partition coefficient (Wildman–Crippen LogP) is 1.12. The van der Waals surface area contributed by atoms with Gasteiger partial charge >= 0.3 is 0 Å². The van der Waals surface area contributed by atoms with Crippen molar-refractivity contribution in [1.82, 2.24) is 4.67 Å². The predicted molar refractivity (Wildman–Crippen MR) is 61.2 cm³/mol. The van der Waals surface area contributed by atoms with Crippen molar-refractivity contribution in [2.24, 2.45) is 0 Å². The van der Waals surface area contributed by atoms with E-state index >= 15 is 0 Å². The number of hydrogen-bond donors (Lipinski definition) is 0. The van der Waals surface area contributed by atoms with Gasteiger partial charge in [-0.05, 0) is 15.0 Å². The summed E-state index contributed by atoms with van der Waals surface area (Å²) in [6, 6.07) is 9.56. The van der Waals surface area contributed by atoms with E-state index in [-0.39, 0.29) is 18.2 Å². The number of benzene rings is 1. The molecule has 2 amide bonds. The molecule has 84 valence electrons. The Labute approximate surface area is 95.8 Å². The molecule has 0 spiro atoms. The average molecular weight is 237 g/mol. The van der Waals surface area contributed by atoms with Crippen LogP contribution in [0.4, 0.5) is 0 Å². The molecule has 1 aromatic carbocycles. The molecule has 1 saturated heterocycles. The zero-order valence-corrected chi connectivity index (χ0v) is 9.78. The van der Waals surface area contributed by atoms with Crippen LogP contribution in [0.3, 0.4) is 0 Å². The first-order valence-electron chi connectivity index (χ1n) is 4.95. The van der Waals surface area contributed by atoms with E-state index in [2.05, 4.69) is 9.39 Å². The second-order valence-electron chi connectivity index (χ2n) is 3.59. The van der Waals surface area contributed by atoms with Crippen LogP contribution < -0.4 is 0 Å². The molecule has 5 heteroatoms. The maximum atomic E-state index is 11.5. The Morgan fingerprint density at radius 1 is 1.31 bits per heavy atom. The molecule has 4 nitrogen and oxygen atoms in total. The highest BCUT2D eigenvalue weighted by atomic mass is 31.0. The highest BCUT2D eigenvalue weighted by Crippen LogP contribution is 2.20. The smallest absolute Gasteiger partial charge is 0.261 e. The van der Waals surface area contributed by atoms with Gasteiger partial charge < -0.3 is 4.74 Å². The molecule has 2 atom stereocenters. The van der Waals surface area contributed by atoms with Crippen LogP contribution in [0.15, 0.2) is 30.3 Å². The molecule has 1 unspecified atom stereocenters. The SMILES string of the molecule is O=C1C[C@H](OCc2ccccc2)C(=O)N1P. The zero-order chi connectivity index (χ0) is 11.5. The molecule has 0 radical (unpaired) electrons.